The van der Waals surface area contributed by atoms with Crippen LogP contribution in [0.2, 0.25) is 0 Å². The first-order chi connectivity index (χ1) is 12.5. The third kappa shape index (κ3) is 2.39. The molecule has 3 heterocycles. The van der Waals surface area contributed by atoms with E-state index >= 15 is 0 Å². The zero-order chi connectivity index (χ0) is 18.4. The van der Waals surface area contributed by atoms with Crippen molar-refractivity contribution in [2.45, 2.75) is 33.3 Å². The summed E-state index contributed by atoms with van der Waals surface area (Å²) in [6.45, 7) is 5.54. The minimum atomic E-state index is -0.619. The van der Waals surface area contributed by atoms with Crippen LogP contribution in [-0.2, 0) is 6.42 Å². The van der Waals surface area contributed by atoms with Gasteiger partial charge in [0.2, 0.25) is 0 Å². The summed E-state index contributed by atoms with van der Waals surface area (Å²) in [4.78, 5) is 24.7. The Labute approximate surface area is 149 Å². The number of hydrogen-bond donors (Lipinski definition) is 0. The lowest BCUT2D eigenvalue weighted by Crippen LogP contribution is -2.16. The largest absolute Gasteiger partial charge is 0.481 e. The molecule has 3 aromatic rings. The second-order valence-electron chi connectivity index (χ2n) is 6.19. The van der Waals surface area contributed by atoms with Gasteiger partial charge in [-0.25, -0.2) is 4.79 Å². The Morgan fingerprint density at radius 3 is 2.73 bits per heavy atom. The molecule has 0 amide bonds. The first kappa shape index (κ1) is 16.4. The fraction of sp³-hybridized carbons (Fsp3) is 0.238. The molecular weight excluding hydrogens is 332 g/mol. The third-order valence-corrected chi connectivity index (χ3v) is 4.43. The summed E-state index contributed by atoms with van der Waals surface area (Å²) in [7, 11) is 0. The van der Waals surface area contributed by atoms with Crippen molar-refractivity contribution in [2.75, 3.05) is 0 Å². The van der Waals surface area contributed by atoms with E-state index in [0.717, 1.165) is 0 Å². The first-order valence-corrected chi connectivity index (χ1v) is 8.50. The Balaban J connectivity index is 2.27. The van der Waals surface area contributed by atoms with Gasteiger partial charge in [-0.05, 0) is 44.1 Å². The second kappa shape index (κ2) is 6.02. The molecule has 4 rings (SSSR count). The molecule has 1 aromatic carbocycles. The van der Waals surface area contributed by atoms with Crippen LogP contribution < -0.4 is 15.8 Å². The monoisotopic (exact) mass is 349 g/mol. The normalized spacial score (nSPS) is 16.3. The SMILES string of the molecule is CC=CC1C=Cc2c(c3c(CC)[c]c(=O)oc3c3c(=O)cc(C)oc23)O1. The van der Waals surface area contributed by atoms with Crippen molar-refractivity contribution in [3.63, 3.8) is 0 Å². The van der Waals surface area contributed by atoms with Crippen molar-refractivity contribution in [2.24, 2.45) is 0 Å². The summed E-state index contributed by atoms with van der Waals surface area (Å²) in [5.41, 5.74) is 1.02. The van der Waals surface area contributed by atoms with Gasteiger partial charge in [0, 0.05) is 6.07 Å². The molecule has 1 atom stereocenters. The van der Waals surface area contributed by atoms with Crippen molar-refractivity contribution in [3.8, 4) is 5.75 Å². The van der Waals surface area contributed by atoms with E-state index in [4.69, 9.17) is 13.6 Å². The fourth-order valence-corrected chi connectivity index (χ4v) is 3.36. The van der Waals surface area contributed by atoms with Crippen LogP contribution in [0.25, 0.3) is 28.0 Å². The van der Waals surface area contributed by atoms with Crippen LogP contribution in [0.1, 0.15) is 30.7 Å². The lowest BCUT2D eigenvalue weighted by atomic mass is 9.97. The van der Waals surface area contributed by atoms with Gasteiger partial charge in [0.15, 0.2) is 16.6 Å². The first-order valence-electron chi connectivity index (χ1n) is 8.50. The summed E-state index contributed by atoms with van der Waals surface area (Å²) in [6, 6.07) is 4.11. The molecule has 1 radical (unpaired) electrons. The van der Waals surface area contributed by atoms with Gasteiger partial charge in [-0.1, -0.05) is 13.0 Å². The number of benzene rings is 1. The minimum Gasteiger partial charge on any atom is -0.481 e. The standard InChI is InChI=1S/C21H17O5/c1-4-6-13-7-8-14-19(25-13)17-12(5-2)10-16(23)26-21(17)18-15(22)9-11(3)24-20(14)18/h4,6-9,13H,5H2,1-3H3. The molecule has 0 N–H and O–H groups in total. The lowest BCUT2D eigenvalue weighted by molar-refractivity contribution is 0.295. The molecule has 0 saturated heterocycles. The summed E-state index contributed by atoms with van der Waals surface area (Å²) in [5, 5.41) is 0.854. The van der Waals surface area contributed by atoms with Crippen LogP contribution in [0.3, 0.4) is 0 Å². The summed E-state index contributed by atoms with van der Waals surface area (Å²) in [6.07, 6.45) is 7.90. The Hall–Kier alpha value is -3.08. The Morgan fingerprint density at radius 2 is 2.00 bits per heavy atom. The maximum Gasteiger partial charge on any atom is 0.344 e. The maximum atomic E-state index is 12.7. The van der Waals surface area contributed by atoms with Gasteiger partial charge in [-0.15, -0.1) is 0 Å². The van der Waals surface area contributed by atoms with Gasteiger partial charge >= 0.3 is 5.63 Å². The summed E-state index contributed by atoms with van der Waals surface area (Å²) < 4.78 is 17.4. The molecular formula is C21H17O5. The average molecular weight is 349 g/mol. The van der Waals surface area contributed by atoms with Crippen LogP contribution in [0.5, 0.6) is 5.75 Å². The quantitative estimate of drug-likeness (QED) is 0.398. The van der Waals surface area contributed by atoms with Gasteiger partial charge < -0.3 is 13.6 Å². The summed E-state index contributed by atoms with van der Waals surface area (Å²) >= 11 is 0. The highest BCUT2D eigenvalue weighted by Gasteiger charge is 2.26. The predicted molar refractivity (Wildman–Crippen MR) is 99.7 cm³/mol. The van der Waals surface area contributed by atoms with E-state index in [1.54, 1.807) is 6.92 Å². The molecule has 0 aliphatic carbocycles. The molecule has 1 aliphatic rings. The molecule has 131 valence electrons. The fourth-order valence-electron chi connectivity index (χ4n) is 3.36. The number of hydrogen-bond acceptors (Lipinski definition) is 5. The number of aryl methyl sites for hydroxylation is 2. The number of ether oxygens (including phenoxy) is 1. The predicted octanol–water partition coefficient (Wildman–Crippen LogP) is 3.92. The van der Waals surface area contributed by atoms with Crippen LogP contribution >= 0.6 is 0 Å². The van der Waals surface area contributed by atoms with Gasteiger partial charge in [0.05, 0.1) is 17.0 Å². The topological polar surface area (TPSA) is 69.7 Å². The molecule has 2 aromatic heterocycles. The number of rotatable bonds is 2. The lowest BCUT2D eigenvalue weighted by Gasteiger charge is -2.22. The Morgan fingerprint density at radius 1 is 1.19 bits per heavy atom. The molecule has 0 fully saturated rings. The van der Waals surface area contributed by atoms with E-state index in [1.807, 2.05) is 38.2 Å². The van der Waals surface area contributed by atoms with E-state index in [0.29, 0.717) is 40.0 Å². The van der Waals surface area contributed by atoms with Crippen LogP contribution in [-0.4, -0.2) is 6.10 Å². The van der Waals surface area contributed by atoms with Crippen molar-refractivity contribution < 1.29 is 13.6 Å². The minimum absolute atomic E-state index is 0.197. The zero-order valence-electron chi connectivity index (χ0n) is 14.7. The van der Waals surface area contributed by atoms with Crippen molar-refractivity contribution >= 4 is 28.0 Å². The van der Waals surface area contributed by atoms with Gasteiger partial charge in [-0.3, -0.25) is 4.79 Å². The third-order valence-electron chi connectivity index (χ3n) is 4.43. The Kier molecular flexibility index (Phi) is 3.80. The van der Waals surface area contributed by atoms with Crippen molar-refractivity contribution in [1.82, 2.24) is 0 Å². The molecule has 0 saturated carbocycles. The molecule has 26 heavy (non-hydrogen) atoms. The van der Waals surface area contributed by atoms with E-state index in [9.17, 15) is 9.59 Å². The number of fused-ring (bicyclic) bond motifs is 6. The highest BCUT2D eigenvalue weighted by molar-refractivity contribution is 6.10. The van der Waals surface area contributed by atoms with E-state index in [-0.39, 0.29) is 22.5 Å². The molecule has 0 spiro atoms. The summed E-state index contributed by atoms with van der Waals surface area (Å²) in [5.74, 6) is 1.03. The van der Waals surface area contributed by atoms with Crippen molar-refractivity contribution in [1.29, 1.82) is 0 Å². The highest BCUT2D eigenvalue weighted by atomic mass is 16.5. The molecule has 0 bridgehead atoms. The van der Waals surface area contributed by atoms with Crippen LogP contribution in [0.15, 0.2) is 42.7 Å². The van der Waals surface area contributed by atoms with Gasteiger partial charge in [0.25, 0.3) is 0 Å². The van der Waals surface area contributed by atoms with E-state index in [1.165, 1.54) is 6.07 Å². The molecule has 5 heteroatoms. The second-order valence-corrected chi connectivity index (χ2v) is 6.19. The Bertz CT molecular complexity index is 1210. The van der Waals surface area contributed by atoms with Crippen LogP contribution in [0, 0.1) is 13.0 Å². The highest BCUT2D eigenvalue weighted by Crippen LogP contribution is 2.41. The smallest absolute Gasteiger partial charge is 0.344 e. The van der Waals surface area contributed by atoms with E-state index in [2.05, 4.69) is 6.07 Å². The van der Waals surface area contributed by atoms with Gasteiger partial charge in [-0.2, -0.15) is 0 Å². The molecule has 1 unspecified atom stereocenters. The van der Waals surface area contributed by atoms with E-state index < -0.39 is 5.63 Å². The van der Waals surface area contributed by atoms with Crippen LogP contribution in [0.4, 0.5) is 0 Å². The molecule has 1 aliphatic heterocycles. The van der Waals surface area contributed by atoms with Crippen molar-refractivity contribution in [3.05, 3.63) is 67.9 Å². The van der Waals surface area contributed by atoms with Gasteiger partial charge in [0.1, 0.15) is 23.0 Å². The average Bonchev–Trinajstić information content (AvgIpc) is 2.60. The zero-order valence-corrected chi connectivity index (χ0v) is 14.7. The molecule has 5 nitrogen and oxygen atoms in total. The number of allylic oxidation sites excluding steroid dienone is 1. The maximum absolute atomic E-state index is 12.7.